The van der Waals surface area contributed by atoms with E-state index in [0.717, 1.165) is 0 Å². The van der Waals surface area contributed by atoms with Crippen LogP contribution in [0.2, 0.25) is 0 Å². The van der Waals surface area contributed by atoms with E-state index in [-0.39, 0.29) is 17.6 Å². The average Bonchev–Trinajstić information content (AvgIpc) is 1.65. The Morgan fingerprint density at radius 1 is 0.800 bits per heavy atom. The first kappa shape index (κ1) is 13.4. The van der Waals surface area contributed by atoms with E-state index >= 15 is 0 Å². The molecule has 0 saturated heterocycles. The van der Waals surface area contributed by atoms with Crippen molar-refractivity contribution >= 4 is 43.3 Å². The van der Waals surface area contributed by atoms with Gasteiger partial charge in [-0.25, -0.2) is 0 Å². The van der Waals surface area contributed by atoms with Gasteiger partial charge in [-0.05, 0) is 0 Å². The Morgan fingerprint density at radius 2 is 1.00 bits per heavy atom. The van der Waals surface area contributed by atoms with Gasteiger partial charge in [0.25, 0.3) is 0 Å². The summed E-state index contributed by atoms with van der Waals surface area (Å²) in [6, 6.07) is 0. The van der Waals surface area contributed by atoms with Gasteiger partial charge in [-0.3, -0.25) is 24.6 Å². The fraction of sp³-hybridized carbons (Fsp3) is 0. The second-order valence-electron chi connectivity index (χ2n) is 1.28. The van der Waals surface area contributed by atoms with Crippen molar-refractivity contribution in [3.63, 3.8) is 0 Å². The topological polar surface area (TPSA) is 0 Å². The molecule has 0 aromatic carbocycles. The van der Waals surface area contributed by atoms with Gasteiger partial charge < -0.3 is 0 Å². The fourth-order valence-electron chi connectivity index (χ4n) is 0.0952. The van der Waals surface area contributed by atoms with Crippen LogP contribution in [0.25, 0.3) is 0 Å². The molecule has 0 aromatic heterocycles. The summed E-state index contributed by atoms with van der Waals surface area (Å²) >= 11 is 0. The van der Waals surface area contributed by atoms with Crippen molar-refractivity contribution in [2.24, 2.45) is 0 Å². The van der Waals surface area contributed by atoms with Gasteiger partial charge in [-0.15, -0.1) is 0 Å². The van der Waals surface area contributed by atoms with Crippen LogP contribution in [-0.4, -0.2) is 43.3 Å². The van der Waals surface area contributed by atoms with Crippen LogP contribution >= 0.6 is 0 Å². The second-order valence-corrected chi connectivity index (χ2v) is 13.1. The molecule has 0 radical (unpaired) electrons. The third-order valence-corrected chi connectivity index (χ3v) is 9.77. The molecule has 0 spiro atoms. The Bertz CT molecular complexity index is 81.0. The number of rotatable bonds is 2. The molecular formula is H6F6GeSi3. The SMILES string of the molecule is F[SiH](F)[Si](F)(F)[SiH](F)F.[GeH4]. The minimum absolute atomic E-state index is 0. The van der Waals surface area contributed by atoms with E-state index in [0.29, 0.717) is 0 Å². The van der Waals surface area contributed by atoms with E-state index < -0.39 is 25.7 Å². The predicted molar refractivity (Wildman–Crippen MR) is 38.0 cm³/mol. The third kappa shape index (κ3) is 3.25. The molecule has 0 nitrogen and oxygen atoms in total. The Balaban J connectivity index is 0. The van der Waals surface area contributed by atoms with Crippen LogP contribution in [0.1, 0.15) is 0 Å². The molecule has 0 aromatic rings. The van der Waals surface area contributed by atoms with Gasteiger partial charge >= 0.3 is 43.3 Å². The normalized spacial score (nSPS) is 12.0. The summed E-state index contributed by atoms with van der Waals surface area (Å²) in [5.41, 5.74) is 0. The van der Waals surface area contributed by atoms with Crippen LogP contribution in [0.5, 0.6) is 0 Å². The summed E-state index contributed by atoms with van der Waals surface area (Å²) in [7, 11) is -16.9. The van der Waals surface area contributed by atoms with E-state index in [1.54, 1.807) is 0 Å². The third-order valence-electron chi connectivity index (χ3n) is 0.582. The molecular weight excluding hydrogens is 271 g/mol. The van der Waals surface area contributed by atoms with Crippen LogP contribution in [0, 0.1) is 0 Å². The zero-order valence-corrected chi connectivity index (χ0v) is 7.23. The molecule has 0 rings (SSSR count). The maximum absolute atomic E-state index is 11.4. The zero-order chi connectivity index (χ0) is 7.65. The summed E-state index contributed by atoms with van der Waals surface area (Å²) in [6.45, 7) is 0. The van der Waals surface area contributed by atoms with Gasteiger partial charge in [0.15, 0.2) is 0 Å². The van der Waals surface area contributed by atoms with Crippen LogP contribution in [-0.2, 0) is 0 Å². The Labute approximate surface area is 68.4 Å². The molecule has 0 amide bonds. The standard InChI is InChI=1S/F6H2Si3.GeH4/c1-7(2)9(5,6)8(3)4;/h7-8H;1H4. The van der Waals surface area contributed by atoms with Crippen molar-refractivity contribution in [1.29, 1.82) is 0 Å². The molecule has 0 N–H and O–H groups in total. The van der Waals surface area contributed by atoms with E-state index in [9.17, 15) is 24.6 Å². The molecule has 0 heterocycles. The summed E-state index contributed by atoms with van der Waals surface area (Å²) in [5.74, 6) is 0. The molecule has 0 saturated carbocycles. The van der Waals surface area contributed by atoms with Crippen molar-refractivity contribution in [2.45, 2.75) is 0 Å². The van der Waals surface area contributed by atoms with E-state index in [4.69, 9.17) is 0 Å². The van der Waals surface area contributed by atoms with E-state index in [2.05, 4.69) is 0 Å². The van der Waals surface area contributed by atoms with Gasteiger partial charge in [0.1, 0.15) is 0 Å². The van der Waals surface area contributed by atoms with Gasteiger partial charge in [-0.1, -0.05) is 0 Å². The molecule has 0 aliphatic carbocycles. The van der Waals surface area contributed by atoms with Gasteiger partial charge in [0.2, 0.25) is 0 Å². The first-order chi connectivity index (χ1) is 3.89. The Kier molecular flexibility index (Phi) is 6.16. The molecule has 0 aliphatic rings. The number of hydrogen-bond acceptors (Lipinski definition) is 0. The summed E-state index contributed by atoms with van der Waals surface area (Å²) in [4.78, 5) is 0. The van der Waals surface area contributed by atoms with Crippen LogP contribution in [0.3, 0.4) is 0 Å². The molecule has 0 atom stereocenters. The molecule has 10 heteroatoms. The summed E-state index contributed by atoms with van der Waals surface area (Å²) < 4.78 is 67.1. The van der Waals surface area contributed by atoms with Crippen molar-refractivity contribution in [1.82, 2.24) is 0 Å². The fourth-order valence-corrected chi connectivity index (χ4v) is 2.57. The summed E-state index contributed by atoms with van der Waals surface area (Å²) in [5, 5.41) is 0. The first-order valence-electron chi connectivity index (χ1n) is 1.83. The van der Waals surface area contributed by atoms with E-state index in [1.807, 2.05) is 0 Å². The Morgan fingerprint density at radius 3 is 1.00 bits per heavy atom. The monoisotopic (exact) mass is 278 g/mol. The second kappa shape index (κ2) is 4.61. The predicted octanol–water partition coefficient (Wildman–Crippen LogP) is -0.608. The van der Waals surface area contributed by atoms with Gasteiger partial charge in [0, 0.05) is 0 Å². The number of hydrogen-bond donors (Lipinski definition) is 0. The Hall–Kier alpha value is 0.774. The zero-order valence-electron chi connectivity index (χ0n) is 3.92. The van der Waals surface area contributed by atoms with Crippen LogP contribution in [0.15, 0.2) is 0 Å². The van der Waals surface area contributed by atoms with Crippen molar-refractivity contribution in [2.75, 3.05) is 0 Å². The average molecular weight is 277 g/mol. The maximum atomic E-state index is 11.4. The molecule has 0 aliphatic heterocycles. The van der Waals surface area contributed by atoms with Gasteiger partial charge in [-0.2, -0.15) is 0 Å². The number of halogens is 6. The van der Waals surface area contributed by atoms with E-state index in [1.165, 1.54) is 0 Å². The quantitative estimate of drug-likeness (QED) is 0.359. The molecule has 0 unspecified atom stereocenters. The first-order valence-corrected chi connectivity index (χ1v) is 8.95. The molecule has 64 valence electrons. The van der Waals surface area contributed by atoms with Crippen LogP contribution < -0.4 is 0 Å². The van der Waals surface area contributed by atoms with Crippen molar-refractivity contribution in [3.05, 3.63) is 0 Å². The molecule has 10 heavy (non-hydrogen) atoms. The van der Waals surface area contributed by atoms with Crippen LogP contribution in [0.4, 0.5) is 24.6 Å². The van der Waals surface area contributed by atoms with Crippen molar-refractivity contribution in [3.8, 4) is 0 Å². The van der Waals surface area contributed by atoms with Gasteiger partial charge in [0.05, 0.1) is 0 Å². The minimum atomic E-state index is -6.25. The molecule has 0 bridgehead atoms. The van der Waals surface area contributed by atoms with Crippen molar-refractivity contribution < 1.29 is 24.6 Å². The summed E-state index contributed by atoms with van der Waals surface area (Å²) in [6.07, 6.45) is 0. The molecule has 0 fully saturated rings.